The fourth-order valence-electron chi connectivity index (χ4n) is 2.36. The Morgan fingerprint density at radius 3 is 3.19 bits per heavy atom. The second-order valence-corrected chi connectivity index (χ2v) is 3.97. The maximum atomic E-state index is 13.4. The molecule has 0 spiro atoms. The molecular weight excluding hydrogens is 215 g/mol. The van der Waals surface area contributed by atoms with Crippen molar-refractivity contribution in [1.29, 1.82) is 0 Å². The largest absolute Gasteiger partial charge is 0.485 e. The van der Waals surface area contributed by atoms with E-state index < -0.39 is 11.9 Å². The molecule has 1 aromatic rings. The summed E-state index contributed by atoms with van der Waals surface area (Å²) in [6.07, 6.45) is 1.87. The molecule has 5 nitrogen and oxygen atoms in total. The molecule has 0 radical (unpaired) electrons. The molecule has 0 saturated carbocycles. The summed E-state index contributed by atoms with van der Waals surface area (Å²) < 4.78 is 18.8. The van der Waals surface area contributed by atoms with Crippen LogP contribution in [0, 0.1) is 5.82 Å². The van der Waals surface area contributed by atoms with Gasteiger partial charge in [-0.15, -0.1) is 0 Å². The minimum Gasteiger partial charge on any atom is -0.485 e. The summed E-state index contributed by atoms with van der Waals surface area (Å²) in [6, 6.07) is -0.325. The van der Waals surface area contributed by atoms with Gasteiger partial charge in [-0.25, -0.2) is 9.18 Å². The summed E-state index contributed by atoms with van der Waals surface area (Å²) in [5.74, 6) is -0.376. The van der Waals surface area contributed by atoms with Gasteiger partial charge < -0.3 is 9.84 Å². The zero-order valence-electron chi connectivity index (χ0n) is 8.26. The lowest BCUT2D eigenvalue weighted by atomic mass is 10.0. The molecule has 1 amide bonds. The fraction of sp³-hybridized carbons (Fsp3) is 0.400. The third kappa shape index (κ3) is 1.16. The maximum Gasteiger partial charge on any atom is 0.407 e. The Hall–Kier alpha value is -1.85. The highest BCUT2D eigenvalue weighted by Gasteiger charge is 2.43. The highest BCUT2D eigenvalue weighted by molar-refractivity contribution is 5.67. The van der Waals surface area contributed by atoms with Crippen LogP contribution in [0.4, 0.5) is 9.18 Å². The first-order chi connectivity index (χ1) is 7.66. The molecule has 1 aromatic heterocycles. The van der Waals surface area contributed by atoms with Crippen LogP contribution in [0.2, 0.25) is 0 Å². The summed E-state index contributed by atoms with van der Waals surface area (Å²) in [6.45, 7) is 0.286. The maximum absolute atomic E-state index is 13.4. The molecule has 16 heavy (non-hydrogen) atoms. The molecular formula is C10H9FN2O3. The molecule has 6 heteroatoms. The number of carbonyl (C=O) groups is 1. The van der Waals surface area contributed by atoms with E-state index in [-0.39, 0.29) is 24.4 Å². The first-order valence-corrected chi connectivity index (χ1v) is 4.96. The number of fused-ring (bicyclic) bond motifs is 4. The van der Waals surface area contributed by atoms with Crippen LogP contribution in [0.1, 0.15) is 18.0 Å². The van der Waals surface area contributed by atoms with E-state index in [1.165, 1.54) is 11.1 Å². The van der Waals surface area contributed by atoms with Gasteiger partial charge in [0, 0.05) is 18.2 Å². The molecule has 2 bridgehead atoms. The van der Waals surface area contributed by atoms with Gasteiger partial charge >= 0.3 is 6.09 Å². The van der Waals surface area contributed by atoms with Crippen molar-refractivity contribution in [2.75, 3.05) is 6.54 Å². The van der Waals surface area contributed by atoms with E-state index in [1.54, 1.807) is 0 Å². The summed E-state index contributed by atoms with van der Waals surface area (Å²) in [4.78, 5) is 16.0. The first kappa shape index (κ1) is 9.38. The summed E-state index contributed by atoms with van der Waals surface area (Å²) in [7, 11) is 0. The normalized spacial score (nSPS) is 26.2. The molecule has 2 atom stereocenters. The van der Waals surface area contributed by atoms with Crippen LogP contribution < -0.4 is 4.74 Å². The molecule has 0 unspecified atom stereocenters. The van der Waals surface area contributed by atoms with Crippen LogP contribution in [0.25, 0.3) is 0 Å². The van der Waals surface area contributed by atoms with Gasteiger partial charge in [0.15, 0.2) is 11.6 Å². The molecule has 1 saturated heterocycles. The van der Waals surface area contributed by atoms with Gasteiger partial charge in [0.05, 0.1) is 18.8 Å². The van der Waals surface area contributed by atoms with Gasteiger partial charge in [-0.05, 0) is 0 Å². The lowest BCUT2D eigenvalue weighted by molar-refractivity contribution is 0.139. The predicted octanol–water partition coefficient (Wildman–Crippen LogP) is 1.41. The molecule has 84 valence electrons. The van der Waals surface area contributed by atoms with E-state index in [4.69, 9.17) is 9.84 Å². The Bertz CT molecular complexity index is 465. The minimum absolute atomic E-state index is 0.153. The number of likely N-dealkylation sites (tertiary alicyclic amines) is 1. The van der Waals surface area contributed by atoms with Crippen molar-refractivity contribution in [3.63, 3.8) is 0 Å². The van der Waals surface area contributed by atoms with E-state index in [1.807, 2.05) is 0 Å². The van der Waals surface area contributed by atoms with E-state index >= 15 is 0 Å². The number of rotatable bonds is 0. The number of amides is 1. The average molecular weight is 224 g/mol. The van der Waals surface area contributed by atoms with Crippen molar-refractivity contribution in [3.8, 4) is 5.75 Å². The summed E-state index contributed by atoms with van der Waals surface area (Å²) in [5, 5.41) is 9.01. The Kier molecular flexibility index (Phi) is 1.80. The number of hydrogen-bond donors (Lipinski definition) is 1. The Balaban J connectivity index is 2.09. The average Bonchev–Trinajstić information content (AvgIpc) is 2.59. The van der Waals surface area contributed by atoms with Crippen LogP contribution in [0.5, 0.6) is 5.75 Å². The van der Waals surface area contributed by atoms with Crippen molar-refractivity contribution < 1.29 is 19.0 Å². The highest BCUT2D eigenvalue weighted by atomic mass is 19.1. The Labute approximate surface area is 90.5 Å². The summed E-state index contributed by atoms with van der Waals surface area (Å²) >= 11 is 0. The smallest absolute Gasteiger partial charge is 0.407 e. The van der Waals surface area contributed by atoms with Crippen molar-refractivity contribution in [1.82, 2.24) is 9.88 Å². The zero-order chi connectivity index (χ0) is 11.3. The summed E-state index contributed by atoms with van der Waals surface area (Å²) in [5.41, 5.74) is 0.524. The van der Waals surface area contributed by atoms with Gasteiger partial charge in [-0.3, -0.25) is 9.88 Å². The van der Waals surface area contributed by atoms with Crippen LogP contribution >= 0.6 is 0 Å². The molecule has 0 aromatic carbocycles. The molecule has 2 aliphatic heterocycles. The van der Waals surface area contributed by atoms with Crippen molar-refractivity contribution in [2.45, 2.75) is 18.6 Å². The topological polar surface area (TPSA) is 62.7 Å². The number of hydrogen-bond acceptors (Lipinski definition) is 3. The highest BCUT2D eigenvalue weighted by Crippen LogP contribution is 2.43. The number of halogens is 1. The third-order valence-electron chi connectivity index (χ3n) is 3.03. The van der Waals surface area contributed by atoms with Crippen LogP contribution in [-0.2, 0) is 0 Å². The van der Waals surface area contributed by atoms with Crippen LogP contribution in [-0.4, -0.2) is 33.7 Å². The lowest BCUT2D eigenvalue weighted by Gasteiger charge is -2.24. The van der Waals surface area contributed by atoms with E-state index in [9.17, 15) is 9.18 Å². The number of carboxylic acid groups (broad SMARTS) is 1. The standard InChI is InChI=1S/C10H9FN2O3/c11-7-3-12-2-6-8-1-5(16-9(6)7)4-13(8)10(14)15/h2-3,5,8H,1,4H2,(H,14,15)/t5-,8-/m0/s1. The van der Waals surface area contributed by atoms with Gasteiger partial charge in [0.1, 0.15) is 6.10 Å². The second kappa shape index (κ2) is 3.07. The van der Waals surface area contributed by atoms with E-state index in [2.05, 4.69) is 4.98 Å². The number of nitrogens with zero attached hydrogens (tertiary/aromatic N) is 2. The molecule has 3 heterocycles. The van der Waals surface area contributed by atoms with Crippen LogP contribution in [0.3, 0.4) is 0 Å². The van der Waals surface area contributed by atoms with Gasteiger partial charge in [-0.2, -0.15) is 0 Å². The molecule has 1 fully saturated rings. The number of pyridine rings is 1. The monoisotopic (exact) mass is 224 g/mol. The van der Waals surface area contributed by atoms with Crippen molar-refractivity contribution >= 4 is 6.09 Å². The molecule has 2 aliphatic rings. The minimum atomic E-state index is -1.01. The quantitative estimate of drug-likeness (QED) is 0.723. The Morgan fingerprint density at radius 1 is 1.62 bits per heavy atom. The van der Waals surface area contributed by atoms with Gasteiger partial charge in [-0.1, -0.05) is 0 Å². The lowest BCUT2D eigenvalue weighted by Crippen LogP contribution is -2.29. The first-order valence-electron chi connectivity index (χ1n) is 4.96. The number of ether oxygens (including phenoxy) is 1. The molecule has 1 N–H and O–H groups in total. The molecule has 0 aliphatic carbocycles. The third-order valence-corrected chi connectivity index (χ3v) is 3.03. The fourth-order valence-corrected chi connectivity index (χ4v) is 2.36. The zero-order valence-corrected chi connectivity index (χ0v) is 8.26. The second-order valence-electron chi connectivity index (χ2n) is 3.97. The Morgan fingerprint density at radius 2 is 2.44 bits per heavy atom. The van der Waals surface area contributed by atoms with Gasteiger partial charge in [0.2, 0.25) is 0 Å². The number of aromatic nitrogens is 1. The van der Waals surface area contributed by atoms with Crippen molar-refractivity contribution in [3.05, 3.63) is 23.8 Å². The van der Waals surface area contributed by atoms with Crippen LogP contribution in [0.15, 0.2) is 12.4 Å². The predicted molar refractivity (Wildman–Crippen MR) is 50.7 cm³/mol. The van der Waals surface area contributed by atoms with Crippen molar-refractivity contribution in [2.24, 2.45) is 0 Å². The van der Waals surface area contributed by atoms with E-state index in [0.29, 0.717) is 12.0 Å². The SMILES string of the molecule is O=C(O)N1C[C@@H]2C[C@H]1c1cncc(F)c1O2. The molecule has 3 rings (SSSR count). The van der Waals surface area contributed by atoms with Gasteiger partial charge in [0.25, 0.3) is 0 Å². The van der Waals surface area contributed by atoms with E-state index in [0.717, 1.165) is 6.20 Å².